The number of urea groups is 1. The molecule has 0 spiro atoms. The SMILES string of the molecule is COc1nn(C)cc1NC(=O)N1CCCC(C2CCOCC2)C1. The van der Waals surface area contributed by atoms with Crippen molar-refractivity contribution in [2.45, 2.75) is 25.7 Å². The molecular formula is C16H26N4O3. The normalized spacial score (nSPS) is 22.9. The third-order valence-electron chi connectivity index (χ3n) is 4.91. The summed E-state index contributed by atoms with van der Waals surface area (Å²) in [4.78, 5) is 14.5. The highest BCUT2D eigenvalue weighted by molar-refractivity contribution is 5.90. The molecule has 1 aromatic heterocycles. The van der Waals surface area contributed by atoms with Crippen molar-refractivity contribution in [1.29, 1.82) is 0 Å². The van der Waals surface area contributed by atoms with Crippen molar-refractivity contribution in [3.63, 3.8) is 0 Å². The number of amides is 2. The summed E-state index contributed by atoms with van der Waals surface area (Å²) in [6.07, 6.45) is 6.29. The van der Waals surface area contributed by atoms with E-state index in [4.69, 9.17) is 9.47 Å². The molecular weight excluding hydrogens is 296 g/mol. The van der Waals surface area contributed by atoms with Crippen LogP contribution in [0, 0.1) is 11.8 Å². The van der Waals surface area contributed by atoms with Gasteiger partial charge in [-0.1, -0.05) is 0 Å². The Morgan fingerprint density at radius 3 is 2.87 bits per heavy atom. The van der Waals surface area contributed by atoms with Gasteiger partial charge < -0.3 is 19.7 Å². The van der Waals surface area contributed by atoms with Gasteiger partial charge in [0.15, 0.2) is 0 Å². The van der Waals surface area contributed by atoms with E-state index in [1.165, 1.54) is 6.42 Å². The molecule has 2 saturated heterocycles. The van der Waals surface area contributed by atoms with E-state index in [0.29, 0.717) is 23.4 Å². The number of methoxy groups -OCH3 is 1. The molecule has 0 saturated carbocycles. The van der Waals surface area contributed by atoms with Crippen LogP contribution in [0.2, 0.25) is 0 Å². The monoisotopic (exact) mass is 322 g/mol. The van der Waals surface area contributed by atoms with Crippen LogP contribution in [0.25, 0.3) is 0 Å². The summed E-state index contributed by atoms with van der Waals surface area (Å²) in [5.74, 6) is 1.72. The number of ether oxygens (including phenoxy) is 2. The standard InChI is InChI=1S/C16H26N4O3/c1-19-11-14(15(18-19)22-2)17-16(21)20-7-3-4-13(10-20)12-5-8-23-9-6-12/h11-13H,3-10H2,1-2H3,(H,17,21). The van der Waals surface area contributed by atoms with E-state index in [1.54, 1.807) is 25.0 Å². The number of aromatic nitrogens is 2. The van der Waals surface area contributed by atoms with Gasteiger partial charge in [-0.25, -0.2) is 4.79 Å². The van der Waals surface area contributed by atoms with Crippen molar-refractivity contribution >= 4 is 11.7 Å². The van der Waals surface area contributed by atoms with E-state index in [-0.39, 0.29) is 6.03 Å². The Bertz CT molecular complexity index is 539. The van der Waals surface area contributed by atoms with Crippen molar-refractivity contribution in [2.75, 3.05) is 38.7 Å². The molecule has 2 amide bonds. The summed E-state index contributed by atoms with van der Waals surface area (Å²) in [5, 5.41) is 7.09. The van der Waals surface area contributed by atoms with Crippen molar-refractivity contribution in [1.82, 2.24) is 14.7 Å². The maximum Gasteiger partial charge on any atom is 0.322 e. The Kier molecular flexibility index (Phi) is 5.05. The van der Waals surface area contributed by atoms with Gasteiger partial charge in [0.1, 0.15) is 5.69 Å². The maximum atomic E-state index is 12.6. The van der Waals surface area contributed by atoms with Gasteiger partial charge in [-0.05, 0) is 37.5 Å². The van der Waals surface area contributed by atoms with Crippen LogP contribution in [0.15, 0.2) is 6.20 Å². The molecule has 2 aliphatic heterocycles. The molecule has 0 bridgehead atoms. The zero-order chi connectivity index (χ0) is 16.2. The maximum absolute atomic E-state index is 12.6. The number of aryl methyl sites for hydroxylation is 1. The topological polar surface area (TPSA) is 68.6 Å². The Hall–Kier alpha value is -1.76. The van der Waals surface area contributed by atoms with Gasteiger partial charge >= 0.3 is 6.03 Å². The molecule has 23 heavy (non-hydrogen) atoms. The second-order valence-corrected chi connectivity index (χ2v) is 6.45. The number of likely N-dealkylation sites (tertiary alicyclic amines) is 1. The Balaban J connectivity index is 1.60. The molecule has 1 aromatic rings. The molecule has 1 unspecified atom stereocenters. The van der Waals surface area contributed by atoms with Crippen LogP contribution in [0.3, 0.4) is 0 Å². The summed E-state index contributed by atoms with van der Waals surface area (Å²) in [6.45, 7) is 3.37. The number of carbonyl (C=O) groups excluding carboxylic acids is 1. The summed E-state index contributed by atoms with van der Waals surface area (Å²) in [5.41, 5.74) is 0.619. The zero-order valence-electron chi connectivity index (χ0n) is 14.0. The molecule has 2 fully saturated rings. The van der Waals surface area contributed by atoms with Crippen LogP contribution in [0.4, 0.5) is 10.5 Å². The van der Waals surface area contributed by atoms with Crippen LogP contribution in [0.5, 0.6) is 5.88 Å². The van der Waals surface area contributed by atoms with E-state index in [1.807, 2.05) is 4.90 Å². The second kappa shape index (κ2) is 7.21. The van der Waals surface area contributed by atoms with E-state index >= 15 is 0 Å². The molecule has 1 N–H and O–H groups in total. The van der Waals surface area contributed by atoms with Crippen LogP contribution < -0.4 is 10.1 Å². The fourth-order valence-corrected chi connectivity index (χ4v) is 3.67. The molecule has 7 heteroatoms. The number of carbonyl (C=O) groups is 1. The molecule has 2 aliphatic rings. The van der Waals surface area contributed by atoms with Gasteiger partial charge in [0.25, 0.3) is 5.88 Å². The first-order valence-electron chi connectivity index (χ1n) is 8.38. The Morgan fingerprint density at radius 2 is 2.13 bits per heavy atom. The lowest BCUT2D eigenvalue weighted by Gasteiger charge is -2.38. The minimum absolute atomic E-state index is 0.0620. The highest BCUT2D eigenvalue weighted by atomic mass is 16.5. The van der Waals surface area contributed by atoms with E-state index < -0.39 is 0 Å². The van der Waals surface area contributed by atoms with Crippen molar-refractivity contribution in [2.24, 2.45) is 18.9 Å². The third kappa shape index (κ3) is 3.77. The largest absolute Gasteiger partial charge is 0.478 e. The first-order valence-corrected chi connectivity index (χ1v) is 8.38. The lowest BCUT2D eigenvalue weighted by molar-refractivity contribution is 0.0322. The van der Waals surface area contributed by atoms with Gasteiger partial charge in [-0.15, -0.1) is 5.10 Å². The van der Waals surface area contributed by atoms with E-state index in [0.717, 1.165) is 45.6 Å². The molecule has 3 heterocycles. The number of hydrogen-bond donors (Lipinski definition) is 1. The summed E-state index contributed by atoms with van der Waals surface area (Å²) in [7, 11) is 3.36. The highest BCUT2D eigenvalue weighted by Crippen LogP contribution is 2.31. The third-order valence-corrected chi connectivity index (χ3v) is 4.91. The lowest BCUT2D eigenvalue weighted by atomic mass is 9.81. The minimum Gasteiger partial charge on any atom is -0.478 e. The fourth-order valence-electron chi connectivity index (χ4n) is 3.67. The zero-order valence-corrected chi connectivity index (χ0v) is 14.0. The smallest absolute Gasteiger partial charge is 0.322 e. The van der Waals surface area contributed by atoms with E-state index in [9.17, 15) is 4.79 Å². The van der Waals surface area contributed by atoms with Gasteiger partial charge in [0.2, 0.25) is 0 Å². The van der Waals surface area contributed by atoms with Crippen LogP contribution in [0.1, 0.15) is 25.7 Å². The van der Waals surface area contributed by atoms with Crippen LogP contribution in [-0.2, 0) is 11.8 Å². The average Bonchev–Trinajstić information content (AvgIpc) is 2.95. The molecule has 0 aromatic carbocycles. The lowest BCUT2D eigenvalue weighted by Crippen LogP contribution is -2.44. The van der Waals surface area contributed by atoms with Crippen LogP contribution >= 0.6 is 0 Å². The fraction of sp³-hybridized carbons (Fsp3) is 0.750. The number of anilines is 1. The molecule has 0 aliphatic carbocycles. The molecule has 1 atom stereocenters. The van der Waals surface area contributed by atoms with Gasteiger partial charge in [0, 0.05) is 33.4 Å². The van der Waals surface area contributed by atoms with E-state index in [2.05, 4.69) is 10.4 Å². The van der Waals surface area contributed by atoms with Crippen molar-refractivity contribution in [3.05, 3.63) is 6.20 Å². The van der Waals surface area contributed by atoms with Gasteiger partial charge in [-0.3, -0.25) is 4.68 Å². The Labute approximate surface area is 136 Å². The number of rotatable bonds is 3. The number of nitrogens with zero attached hydrogens (tertiary/aromatic N) is 3. The van der Waals surface area contributed by atoms with Crippen LogP contribution in [-0.4, -0.2) is 54.1 Å². The van der Waals surface area contributed by atoms with Gasteiger partial charge in [-0.2, -0.15) is 0 Å². The van der Waals surface area contributed by atoms with Crippen molar-refractivity contribution < 1.29 is 14.3 Å². The summed E-state index contributed by atoms with van der Waals surface area (Å²) in [6, 6.07) is -0.0620. The number of hydrogen-bond acceptors (Lipinski definition) is 4. The molecule has 3 rings (SSSR count). The van der Waals surface area contributed by atoms with Crippen molar-refractivity contribution in [3.8, 4) is 5.88 Å². The molecule has 128 valence electrons. The second-order valence-electron chi connectivity index (χ2n) is 6.45. The first-order chi connectivity index (χ1) is 11.2. The Morgan fingerprint density at radius 1 is 1.35 bits per heavy atom. The molecule has 7 nitrogen and oxygen atoms in total. The quantitative estimate of drug-likeness (QED) is 0.925. The van der Waals surface area contributed by atoms with Gasteiger partial charge in [0.05, 0.1) is 13.3 Å². The highest BCUT2D eigenvalue weighted by Gasteiger charge is 2.30. The summed E-state index contributed by atoms with van der Waals surface area (Å²) < 4.78 is 12.3. The average molecular weight is 322 g/mol. The molecule has 0 radical (unpaired) electrons. The summed E-state index contributed by atoms with van der Waals surface area (Å²) >= 11 is 0. The first kappa shape index (κ1) is 16.1. The number of nitrogens with one attached hydrogen (secondary N) is 1. The predicted octanol–water partition coefficient (Wildman–Crippen LogP) is 2.10. The predicted molar refractivity (Wildman–Crippen MR) is 86.6 cm³/mol. The minimum atomic E-state index is -0.0620. The number of piperidine rings is 1.